The van der Waals surface area contributed by atoms with E-state index < -0.39 is 21.5 Å². The van der Waals surface area contributed by atoms with Crippen molar-refractivity contribution in [1.82, 2.24) is 5.32 Å². The van der Waals surface area contributed by atoms with Gasteiger partial charge in [0.15, 0.2) is 9.84 Å². The Hall–Kier alpha value is -0.290. The smallest absolute Gasteiger partial charge is 0.235 e. The zero-order chi connectivity index (χ0) is 10.1. The van der Waals surface area contributed by atoms with Gasteiger partial charge in [0.05, 0.1) is 5.54 Å². The lowest BCUT2D eigenvalue weighted by Gasteiger charge is -2.12. The number of hydrogen-bond acceptors (Lipinski definition) is 3. The topological polar surface area (TPSA) is 63.2 Å². The molecule has 0 saturated heterocycles. The molecule has 1 saturated carbocycles. The molecule has 0 aromatic rings. The number of halogens is 1. The van der Waals surface area contributed by atoms with E-state index in [1.165, 1.54) is 0 Å². The van der Waals surface area contributed by atoms with Crippen molar-refractivity contribution in [3.63, 3.8) is 0 Å². The molecule has 0 spiro atoms. The van der Waals surface area contributed by atoms with Gasteiger partial charge in [0.25, 0.3) is 0 Å². The van der Waals surface area contributed by atoms with E-state index in [4.69, 9.17) is 11.6 Å². The van der Waals surface area contributed by atoms with Crippen LogP contribution in [0.1, 0.15) is 12.8 Å². The second kappa shape index (κ2) is 3.46. The Morgan fingerprint density at radius 2 is 2.08 bits per heavy atom. The maximum atomic E-state index is 11.1. The molecule has 0 radical (unpaired) electrons. The number of rotatable bonds is 4. The van der Waals surface area contributed by atoms with Crippen LogP contribution in [0, 0.1) is 0 Å². The van der Waals surface area contributed by atoms with Crippen LogP contribution >= 0.6 is 11.6 Å². The van der Waals surface area contributed by atoms with E-state index >= 15 is 0 Å². The molecular weight excluding hydrogens is 214 g/mol. The van der Waals surface area contributed by atoms with Gasteiger partial charge < -0.3 is 5.32 Å². The fourth-order valence-corrected chi connectivity index (χ4v) is 1.90. The van der Waals surface area contributed by atoms with Crippen LogP contribution in [0.15, 0.2) is 0 Å². The summed E-state index contributed by atoms with van der Waals surface area (Å²) in [6.45, 7) is 0. The van der Waals surface area contributed by atoms with Crippen molar-refractivity contribution in [2.45, 2.75) is 18.4 Å². The molecule has 0 heterocycles. The van der Waals surface area contributed by atoms with Gasteiger partial charge in [-0.05, 0) is 12.8 Å². The van der Waals surface area contributed by atoms with Crippen molar-refractivity contribution >= 4 is 27.3 Å². The van der Waals surface area contributed by atoms with E-state index in [1.807, 2.05) is 0 Å². The first kappa shape index (κ1) is 10.8. The molecule has 0 bridgehead atoms. The maximum absolute atomic E-state index is 11.1. The summed E-state index contributed by atoms with van der Waals surface area (Å²) in [5.74, 6) is -0.561. The summed E-state index contributed by atoms with van der Waals surface area (Å²) < 4.78 is 21.5. The summed E-state index contributed by atoms with van der Waals surface area (Å²) in [7, 11) is -3.23. The standard InChI is InChI=1S/C7H12ClNO3S/c1-13(11,12)4-6(10)9-7(5-8)2-3-7/h2-5H2,1H3,(H,9,10). The molecule has 1 aliphatic carbocycles. The number of alkyl halides is 1. The fraction of sp³-hybridized carbons (Fsp3) is 0.857. The van der Waals surface area contributed by atoms with Crippen molar-refractivity contribution in [3.05, 3.63) is 0 Å². The summed E-state index contributed by atoms with van der Waals surface area (Å²) in [5, 5.41) is 2.62. The normalized spacial score (nSPS) is 19.5. The van der Waals surface area contributed by atoms with Gasteiger partial charge in [-0.15, -0.1) is 11.6 Å². The van der Waals surface area contributed by atoms with E-state index in [9.17, 15) is 13.2 Å². The molecule has 13 heavy (non-hydrogen) atoms. The Kier molecular flexibility index (Phi) is 2.87. The van der Waals surface area contributed by atoms with Crippen LogP contribution in [0.2, 0.25) is 0 Å². The lowest BCUT2D eigenvalue weighted by Crippen LogP contribution is -2.41. The van der Waals surface area contributed by atoms with Gasteiger partial charge in [-0.25, -0.2) is 8.42 Å². The highest BCUT2D eigenvalue weighted by Crippen LogP contribution is 2.36. The molecule has 4 nitrogen and oxygen atoms in total. The van der Waals surface area contributed by atoms with E-state index in [2.05, 4.69) is 5.32 Å². The Labute approximate surface area is 82.6 Å². The second-order valence-corrected chi connectivity index (χ2v) is 5.94. The molecule has 76 valence electrons. The van der Waals surface area contributed by atoms with E-state index in [0.717, 1.165) is 19.1 Å². The van der Waals surface area contributed by atoms with Crippen molar-refractivity contribution in [3.8, 4) is 0 Å². The van der Waals surface area contributed by atoms with Crippen LogP contribution < -0.4 is 5.32 Å². The Morgan fingerprint density at radius 3 is 2.38 bits per heavy atom. The van der Waals surface area contributed by atoms with Crippen LogP contribution in [0.4, 0.5) is 0 Å². The van der Waals surface area contributed by atoms with Crippen LogP contribution in [-0.4, -0.2) is 37.8 Å². The summed E-state index contributed by atoms with van der Waals surface area (Å²) >= 11 is 5.61. The number of nitrogens with one attached hydrogen (secondary N) is 1. The van der Waals surface area contributed by atoms with E-state index in [-0.39, 0.29) is 5.54 Å². The highest BCUT2D eigenvalue weighted by Gasteiger charge is 2.43. The first-order valence-electron chi connectivity index (χ1n) is 3.92. The van der Waals surface area contributed by atoms with Crippen molar-refractivity contribution in [2.75, 3.05) is 17.9 Å². The van der Waals surface area contributed by atoms with Gasteiger partial charge in [0.1, 0.15) is 5.75 Å². The average Bonchev–Trinajstić information content (AvgIpc) is 2.65. The molecule has 1 aliphatic rings. The second-order valence-electron chi connectivity index (χ2n) is 3.53. The summed E-state index contributed by atoms with van der Waals surface area (Å²) in [6, 6.07) is 0. The third kappa shape index (κ3) is 3.52. The molecule has 0 aliphatic heterocycles. The maximum Gasteiger partial charge on any atom is 0.235 e. The van der Waals surface area contributed by atoms with Gasteiger partial charge in [-0.3, -0.25) is 4.79 Å². The number of amides is 1. The largest absolute Gasteiger partial charge is 0.349 e. The third-order valence-corrected chi connectivity index (χ3v) is 3.21. The van der Waals surface area contributed by atoms with E-state index in [0.29, 0.717) is 5.88 Å². The number of carbonyl (C=O) groups excluding carboxylic acids is 1. The minimum Gasteiger partial charge on any atom is -0.349 e. The highest BCUT2D eigenvalue weighted by molar-refractivity contribution is 7.91. The summed E-state index contributed by atoms with van der Waals surface area (Å²) in [6.07, 6.45) is 2.71. The first-order valence-corrected chi connectivity index (χ1v) is 6.51. The molecule has 1 N–H and O–H groups in total. The van der Waals surface area contributed by atoms with Gasteiger partial charge in [0.2, 0.25) is 5.91 Å². The Bertz CT molecular complexity index is 308. The number of sulfone groups is 1. The SMILES string of the molecule is CS(=O)(=O)CC(=O)NC1(CCl)CC1. The molecule has 0 atom stereocenters. The number of carbonyl (C=O) groups is 1. The van der Waals surface area contributed by atoms with Gasteiger partial charge >= 0.3 is 0 Å². The first-order chi connectivity index (χ1) is 5.87. The third-order valence-electron chi connectivity index (χ3n) is 1.91. The van der Waals surface area contributed by atoms with E-state index in [1.54, 1.807) is 0 Å². The van der Waals surface area contributed by atoms with Crippen molar-refractivity contribution < 1.29 is 13.2 Å². The average molecular weight is 226 g/mol. The monoisotopic (exact) mass is 225 g/mol. The molecular formula is C7H12ClNO3S. The van der Waals surface area contributed by atoms with Crippen LogP contribution in [0.3, 0.4) is 0 Å². The predicted molar refractivity (Wildman–Crippen MR) is 50.5 cm³/mol. The lowest BCUT2D eigenvalue weighted by molar-refractivity contribution is -0.119. The van der Waals surface area contributed by atoms with Crippen LogP contribution in [-0.2, 0) is 14.6 Å². The molecule has 0 aromatic carbocycles. The zero-order valence-electron chi connectivity index (χ0n) is 7.34. The Morgan fingerprint density at radius 1 is 1.54 bits per heavy atom. The minimum atomic E-state index is -3.23. The molecule has 1 fully saturated rings. The zero-order valence-corrected chi connectivity index (χ0v) is 8.91. The molecule has 1 amide bonds. The molecule has 0 aromatic heterocycles. The number of hydrogen-bond donors (Lipinski definition) is 1. The predicted octanol–water partition coefficient (Wildman–Crippen LogP) is -0.0814. The van der Waals surface area contributed by atoms with Crippen LogP contribution in [0.5, 0.6) is 0 Å². The van der Waals surface area contributed by atoms with Crippen LogP contribution in [0.25, 0.3) is 0 Å². The Balaban J connectivity index is 2.43. The van der Waals surface area contributed by atoms with Gasteiger partial charge in [-0.1, -0.05) is 0 Å². The minimum absolute atomic E-state index is 0.316. The molecule has 0 unspecified atom stereocenters. The fourth-order valence-electron chi connectivity index (χ4n) is 1.01. The van der Waals surface area contributed by atoms with Gasteiger partial charge in [-0.2, -0.15) is 0 Å². The van der Waals surface area contributed by atoms with Crippen molar-refractivity contribution in [2.24, 2.45) is 0 Å². The quantitative estimate of drug-likeness (QED) is 0.681. The summed E-state index contributed by atoms with van der Waals surface area (Å²) in [4.78, 5) is 11.1. The highest BCUT2D eigenvalue weighted by atomic mass is 35.5. The summed E-state index contributed by atoms with van der Waals surface area (Å²) in [5.41, 5.74) is -0.316. The molecule has 1 rings (SSSR count). The van der Waals surface area contributed by atoms with Crippen molar-refractivity contribution in [1.29, 1.82) is 0 Å². The lowest BCUT2D eigenvalue weighted by atomic mass is 10.3. The van der Waals surface area contributed by atoms with Gasteiger partial charge in [0, 0.05) is 12.1 Å². The molecule has 6 heteroatoms.